The van der Waals surface area contributed by atoms with Gasteiger partial charge in [0.2, 0.25) is 0 Å². The molecule has 22 heavy (non-hydrogen) atoms. The minimum Gasteiger partial charge on any atom is -0.355 e. The molecule has 1 fully saturated rings. The number of rotatable bonds is 3. The van der Waals surface area contributed by atoms with Crippen LogP contribution in [0.4, 0.5) is 0 Å². The Morgan fingerprint density at radius 1 is 1.27 bits per heavy atom. The van der Waals surface area contributed by atoms with Crippen molar-refractivity contribution < 1.29 is 0 Å². The van der Waals surface area contributed by atoms with E-state index in [4.69, 9.17) is 0 Å². The Bertz CT molecular complexity index is 494. The molecule has 0 bridgehead atoms. The summed E-state index contributed by atoms with van der Waals surface area (Å²) in [6.07, 6.45) is 1.23. The molecular weight excluding hydrogens is 385 g/mol. The fourth-order valence-corrected chi connectivity index (χ4v) is 2.92. The van der Waals surface area contributed by atoms with Gasteiger partial charge in [0, 0.05) is 32.1 Å². The van der Waals surface area contributed by atoms with Gasteiger partial charge in [-0.05, 0) is 17.4 Å². The van der Waals surface area contributed by atoms with Gasteiger partial charge in [-0.2, -0.15) is 0 Å². The summed E-state index contributed by atoms with van der Waals surface area (Å²) in [7, 11) is 1.88. The van der Waals surface area contributed by atoms with Crippen LogP contribution < -0.4 is 5.32 Å². The third-order valence-electron chi connectivity index (χ3n) is 4.43. The molecule has 2 rings (SSSR count). The SMILES string of the molecule is CN=C(NCC(C)(C)c1ccccc1)N1CCC(C)(C)C1.I. The fraction of sp³-hybridized carbons (Fsp3) is 0.611. The molecular formula is C18H30IN3. The topological polar surface area (TPSA) is 27.6 Å². The summed E-state index contributed by atoms with van der Waals surface area (Å²) >= 11 is 0. The van der Waals surface area contributed by atoms with Gasteiger partial charge < -0.3 is 10.2 Å². The molecule has 0 radical (unpaired) electrons. The molecule has 3 nitrogen and oxygen atoms in total. The Labute approximate surface area is 152 Å². The first-order valence-corrected chi connectivity index (χ1v) is 7.85. The minimum atomic E-state index is 0. The van der Waals surface area contributed by atoms with Crippen LogP contribution in [0.25, 0.3) is 0 Å². The molecule has 124 valence electrons. The van der Waals surface area contributed by atoms with Gasteiger partial charge in [0.1, 0.15) is 0 Å². The first-order chi connectivity index (χ1) is 9.84. The number of guanidine groups is 1. The molecule has 0 atom stereocenters. The van der Waals surface area contributed by atoms with Crippen LogP contribution in [0.1, 0.15) is 39.7 Å². The number of nitrogens with zero attached hydrogens (tertiary/aromatic N) is 2. The number of nitrogens with one attached hydrogen (secondary N) is 1. The van der Waals surface area contributed by atoms with Crippen LogP contribution in [-0.4, -0.2) is 37.5 Å². The van der Waals surface area contributed by atoms with E-state index in [-0.39, 0.29) is 29.4 Å². The maximum atomic E-state index is 4.46. The van der Waals surface area contributed by atoms with E-state index in [9.17, 15) is 0 Å². The molecule has 1 aromatic carbocycles. The van der Waals surface area contributed by atoms with Crippen molar-refractivity contribution in [2.75, 3.05) is 26.7 Å². The van der Waals surface area contributed by atoms with Gasteiger partial charge in [0.25, 0.3) is 0 Å². The van der Waals surface area contributed by atoms with Crippen molar-refractivity contribution in [2.24, 2.45) is 10.4 Å². The second-order valence-electron chi connectivity index (χ2n) is 7.49. The van der Waals surface area contributed by atoms with Crippen molar-refractivity contribution >= 4 is 29.9 Å². The van der Waals surface area contributed by atoms with E-state index in [1.54, 1.807) is 0 Å². The van der Waals surface area contributed by atoms with Gasteiger partial charge in [0.15, 0.2) is 5.96 Å². The molecule has 1 saturated heterocycles. The lowest BCUT2D eigenvalue weighted by atomic mass is 9.85. The van der Waals surface area contributed by atoms with Crippen LogP contribution in [0.2, 0.25) is 0 Å². The lowest BCUT2D eigenvalue weighted by Gasteiger charge is -2.29. The van der Waals surface area contributed by atoms with Crippen molar-refractivity contribution in [3.05, 3.63) is 35.9 Å². The molecule has 0 aromatic heterocycles. The molecule has 1 aliphatic rings. The van der Waals surface area contributed by atoms with Gasteiger partial charge in [-0.15, -0.1) is 24.0 Å². The van der Waals surface area contributed by atoms with Crippen LogP contribution in [-0.2, 0) is 5.41 Å². The van der Waals surface area contributed by atoms with Gasteiger partial charge in [-0.25, -0.2) is 0 Å². The summed E-state index contributed by atoms with van der Waals surface area (Å²) in [5, 5.41) is 3.56. The minimum absolute atomic E-state index is 0. The number of benzene rings is 1. The van der Waals surface area contributed by atoms with Crippen LogP contribution in [0.15, 0.2) is 35.3 Å². The van der Waals surface area contributed by atoms with Crippen molar-refractivity contribution in [2.45, 2.75) is 39.5 Å². The van der Waals surface area contributed by atoms with E-state index < -0.39 is 0 Å². The second kappa shape index (κ2) is 7.66. The van der Waals surface area contributed by atoms with E-state index in [0.29, 0.717) is 5.41 Å². The molecule has 1 N–H and O–H groups in total. The summed E-state index contributed by atoms with van der Waals surface area (Å²) in [6, 6.07) is 10.7. The highest BCUT2D eigenvalue weighted by Gasteiger charge is 2.31. The second-order valence-corrected chi connectivity index (χ2v) is 7.49. The highest BCUT2D eigenvalue weighted by atomic mass is 127. The Morgan fingerprint density at radius 3 is 2.41 bits per heavy atom. The van der Waals surface area contributed by atoms with Crippen molar-refractivity contribution in [3.63, 3.8) is 0 Å². The Balaban J connectivity index is 0.00000242. The van der Waals surface area contributed by atoms with E-state index in [1.807, 2.05) is 7.05 Å². The summed E-state index contributed by atoms with van der Waals surface area (Å²) in [5.41, 5.74) is 1.84. The third kappa shape index (κ3) is 4.86. The highest BCUT2D eigenvalue weighted by molar-refractivity contribution is 14.0. The molecule has 4 heteroatoms. The summed E-state index contributed by atoms with van der Waals surface area (Å²) in [6.45, 7) is 12.3. The highest BCUT2D eigenvalue weighted by Crippen LogP contribution is 2.29. The van der Waals surface area contributed by atoms with Gasteiger partial charge in [0.05, 0.1) is 0 Å². The van der Waals surface area contributed by atoms with Crippen molar-refractivity contribution in [1.29, 1.82) is 0 Å². The summed E-state index contributed by atoms with van der Waals surface area (Å²) in [5.74, 6) is 1.03. The molecule has 1 aliphatic heterocycles. The van der Waals surface area contributed by atoms with Gasteiger partial charge in [-0.1, -0.05) is 58.0 Å². The largest absolute Gasteiger partial charge is 0.355 e. The Morgan fingerprint density at radius 2 is 1.91 bits per heavy atom. The van der Waals surface area contributed by atoms with Crippen molar-refractivity contribution in [1.82, 2.24) is 10.2 Å². The molecule has 1 heterocycles. The molecule has 0 aliphatic carbocycles. The summed E-state index contributed by atoms with van der Waals surface area (Å²) < 4.78 is 0. The average Bonchev–Trinajstić information content (AvgIpc) is 2.81. The molecule has 0 amide bonds. The van der Waals surface area contributed by atoms with E-state index in [2.05, 4.69) is 73.2 Å². The maximum Gasteiger partial charge on any atom is 0.193 e. The molecule has 0 saturated carbocycles. The zero-order valence-corrected chi connectivity index (χ0v) is 16.8. The smallest absolute Gasteiger partial charge is 0.193 e. The van der Waals surface area contributed by atoms with Gasteiger partial charge >= 0.3 is 0 Å². The van der Waals surface area contributed by atoms with Gasteiger partial charge in [-0.3, -0.25) is 4.99 Å². The fourth-order valence-electron chi connectivity index (χ4n) is 2.92. The molecule has 1 aromatic rings. The van der Waals surface area contributed by atoms with E-state index in [0.717, 1.165) is 25.6 Å². The number of likely N-dealkylation sites (tertiary alicyclic amines) is 1. The normalized spacial score (nSPS) is 18.0. The lowest BCUT2D eigenvalue weighted by molar-refractivity contribution is 0.367. The van der Waals surface area contributed by atoms with Crippen LogP contribution in [0.3, 0.4) is 0 Å². The molecule has 0 unspecified atom stereocenters. The maximum absolute atomic E-state index is 4.46. The quantitative estimate of drug-likeness (QED) is 0.461. The van der Waals surface area contributed by atoms with E-state index >= 15 is 0 Å². The first kappa shape index (κ1) is 19.3. The zero-order chi connectivity index (χ0) is 15.5. The predicted molar refractivity (Wildman–Crippen MR) is 106 cm³/mol. The average molecular weight is 415 g/mol. The van der Waals surface area contributed by atoms with E-state index in [1.165, 1.54) is 12.0 Å². The lowest BCUT2D eigenvalue weighted by Crippen LogP contribution is -2.45. The van der Waals surface area contributed by atoms with Crippen molar-refractivity contribution in [3.8, 4) is 0 Å². The van der Waals surface area contributed by atoms with Crippen LogP contribution in [0, 0.1) is 5.41 Å². The number of hydrogen-bond donors (Lipinski definition) is 1. The zero-order valence-electron chi connectivity index (χ0n) is 14.5. The number of hydrogen-bond acceptors (Lipinski definition) is 1. The van der Waals surface area contributed by atoms with Crippen LogP contribution in [0.5, 0.6) is 0 Å². The number of halogens is 1. The Hall–Kier alpha value is -0.780. The monoisotopic (exact) mass is 415 g/mol. The third-order valence-corrected chi connectivity index (χ3v) is 4.43. The first-order valence-electron chi connectivity index (χ1n) is 7.85. The van der Waals surface area contributed by atoms with Crippen LogP contribution >= 0.6 is 24.0 Å². The predicted octanol–water partition coefficient (Wildman–Crippen LogP) is 3.89. The molecule has 0 spiro atoms. The standard InChI is InChI=1S/C18H29N3.HI/c1-17(2)11-12-21(14-17)16(19-5)20-13-18(3,4)15-9-7-6-8-10-15;/h6-10H,11-14H2,1-5H3,(H,19,20);1H. The number of aliphatic imine (C=N–C) groups is 1. The Kier molecular flexibility index (Phi) is 6.71. The summed E-state index contributed by atoms with van der Waals surface area (Å²) in [4.78, 5) is 6.84.